The first-order valence-electron chi connectivity index (χ1n) is 8.68. The van der Waals surface area contributed by atoms with Crippen molar-refractivity contribution in [1.29, 1.82) is 0 Å². The number of hydrogen-bond donors (Lipinski definition) is 0. The number of imidazole rings is 1. The second kappa shape index (κ2) is 6.21. The molecule has 0 N–H and O–H groups in total. The second-order valence-corrected chi connectivity index (χ2v) is 6.77. The molecule has 3 aromatic carbocycles. The quantitative estimate of drug-likeness (QED) is 0.495. The van der Waals surface area contributed by atoms with E-state index in [0.29, 0.717) is 0 Å². The van der Waals surface area contributed by atoms with Crippen LogP contribution in [-0.4, -0.2) is 9.55 Å². The summed E-state index contributed by atoms with van der Waals surface area (Å²) in [5.74, 6) is 1.20. The molecule has 2 heteroatoms. The molecule has 2 nitrogen and oxygen atoms in total. The third-order valence-electron chi connectivity index (χ3n) is 4.90. The summed E-state index contributed by atoms with van der Waals surface area (Å²) in [4.78, 5) is 4.97. The summed E-state index contributed by atoms with van der Waals surface area (Å²) < 4.78 is 2.22. The Kier molecular flexibility index (Phi) is 3.89. The summed E-state index contributed by atoms with van der Waals surface area (Å²) in [6.07, 6.45) is 0. The first kappa shape index (κ1) is 15.6. The van der Waals surface area contributed by atoms with E-state index < -0.39 is 0 Å². The van der Waals surface area contributed by atoms with Crippen LogP contribution in [0.5, 0.6) is 0 Å². The number of benzene rings is 3. The third kappa shape index (κ3) is 2.85. The molecule has 0 fully saturated rings. The molecule has 0 atom stereocenters. The molecule has 4 rings (SSSR count). The smallest absolute Gasteiger partial charge is 0.121 e. The van der Waals surface area contributed by atoms with Crippen molar-refractivity contribution in [1.82, 2.24) is 9.55 Å². The molecular weight excluding hydrogens is 304 g/mol. The Balaban J connectivity index is 1.94. The van der Waals surface area contributed by atoms with E-state index >= 15 is 0 Å². The predicted octanol–water partition coefficient (Wildman–Crippen LogP) is 5.37. The van der Waals surface area contributed by atoms with Gasteiger partial charge in [-0.15, -0.1) is 0 Å². The van der Waals surface area contributed by atoms with Crippen LogP contribution in [0.25, 0.3) is 11.0 Å². The van der Waals surface area contributed by atoms with Crippen LogP contribution in [-0.2, 0) is 7.05 Å². The monoisotopic (exact) mass is 326 g/mol. The highest BCUT2D eigenvalue weighted by Gasteiger charge is 2.22. The van der Waals surface area contributed by atoms with Crippen molar-refractivity contribution >= 4 is 11.0 Å². The summed E-state index contributed by atoms with van der Waals surface area (Å²) in [7, 11) is 2.11. The molecule has 0 bridgehead atoms. The van der Waals surface area contributed by atoms with Gasteiger partial charge in [-0.25, -0.2) is 4.98 Å². The Bertz CT molecular complexity index is 963. The maximum Gasteiger partial charge on any atom is 0.121 e. The molecule has 0 saturated carbocycles. The van der Waals surface area contributed by atoms with Crippen molar-refractivity contribution in [3.05, 3.63) is 101 Å². The van der Waals surface area contributed by atoms with E-state index in [1.165, 1.54) is 27.8 Å². The lowest BCUT2D eigenvalue weighted by molar-refractivity contribution is 0.779. The van der Waals surface area contributed by atoms with Crippen molar-refractivity contribution in [2.75, 3.05) is 0 Å². The lowest BCUT2D eigenvalue weighted by Crippen LogP contribution is -2.10. The number of para-hydroxylation sites is 2. The van der Waals surface area contributed by atoms with Crippen LogP contribution < -0.4 is 0 Å². The Morgan fingerprint density at radius 1 is 0.720 bits per heavy atom. The molecule has 4 aromatic rings. The highest BCUT2D eigenvalue weighted by atomic mass is 15.1. The van der Waals surface area contributed by atoms with Gasteiger partial charge in [0.25, 0.3) is 0 Å². The SMILES string of the molecule is Cc1ccc(C(c2ccc(C)cc2)c2nc3ccccc3n2C)cc1. The molecule has 0 radical (unpaired) electrons. The van der Waals surface area contributed by atoms with E-state index in [2.05, 4.69) is 92.2 Å². The minimum absolute atomic E-state index is 0.124. The highest BCUT2D eigenvalue weighted by molar-refractivity contribution is 5.76. The van der Waals surface area contributed by atoms with E-state index in [0.717, 1.165) is 11.3 Å². The summed E-state index contributed by atoms with van der Waals surface area (Å²) in [5, 5.41) is 0. The van der Waals surface area contributed by atoms with Crippen LogP contribution in [0, 0.1) is 13.8 Å². The van der Waals surface area contributed by atoms with Crippen LogP contribution in [0.2, 0.25) is 0 Å². The van der Waals surface area contributed by atoms with Crippen molar-refractivity contribution < 1.29 is 0 Å². The zero-order valence-corrected chi connectivity index (χ0v) is 14.9. The van der Waals surface area contributed by atoms with Gasteiger partial charge in [0.2, 0.25) is 0 Å². The van der Waals surface area contributed by atoms with Gasteiger partial charge in [-0.2, -0.15) is 0 Å². The number of aromatic nitrogens is 2. The van der Waals surface area contributed by atoms with Crippen LogP contribution in [0.15, 0.2) is 72.8 Å². The second-order valence-electron chi connectivity index (χ2n) is 6.77. The summed E-state index contributed by atoms with van der Waals surface area (Å²) >= 11 is 0. The molecule has 1 aromatic heterocycles. The minimum atomic E-state index is 0.124. The average molecular weight is 326 g/mol. The van der Waals surface area contributed by atoms with Gasteiger partial charge in [-0.05, 0) is 37.1 Å². The van der Waals surface area contributed by atoms with Gasteiger partial charge in [0.1, 0.15) is 5.82 Å². The van der Waals surface area contributed by atoms with Gasteiger partial charge in [0.05, 0.1) is 17.0 Å². The van der Waals surface area contributed by atoms with Crippen molar-refractivity contribution in [2.24, 2.45) is 7.05 Å². The molecule has 0 saturated heterocycles. The number of nitrogens with zero attached hydrogens (tertiary/aromatic N) is 2. The molecule has 0 unspecified atom stereocenters. The van der Waals surface area contributed by atoms with E-state index in [9.17, 15) is 0 Å². The Morgan fingerprint density at radius 3 is 1.76 bits per heavy atom. The first-order chi connectivity index (χ1) is 12.1. The zero-order chi connectivity index (χ0) is 17.4. The molecule has 0 amide bonds. The lowest BCUT2D eigenvalue weighted by Gasteiger charge is -2.18. The van der Waals surface area contributed by atoms with Crippen molar-refractivity contribution in [2.45, 2.75) is 19.8 Å². The molecule has 0 spiro atoms. The molecule has 124 valence electrons. The fourth-order valence-electron chi connectivity index (χ4n) is 3.43. The maximum absolute atomic E-state index is 4.97. The number of aryl methyl sites for hydroxylation is 3. The summed E-state index contributed by atoms with van der Waals surface area (Å²) in [6.45, 7) is 4.25. The first-order valence-corrected chi connectivity index (χ1v) is 8.68. The van der Waals surface area contributed by atoms with Crippen LogP contribution in [0.1, 0.15) is 34.0 Å². The maximum atomic E-state index is 4.97. The van der Waals surface area contributed by atoms with Crippen molar-refractivity contribution in [3.8, 4) is 0 Å². The van der Waals surface area contributed by atoms with Gasteiger partial charge >= 0.3 is 0 Å². The minimum Gasteiger partial charge on any atom is -0.330 e. The van der Waals surface area contributed by atoms with Crippen LogP contribution >= 0.6 is 0 Å². The average Bonchev–Trinajstić information content (AvgIpc) is 2.96. The van der Waals surface area contributed by atoms with E-state index in [-0.39, 0.29) is 5.92 Å². The Labute approximate surface area is 148 Å². The molecule has 25 heavy (non-hydrogen) atoms. The van der Waals surface area contributed by atoms with Gasteiger partial charge in [-0.3, -0.25) is 0 Å². The summed E-state index contributed by atoms with van der Waals surface area (Å²) in [6, 6.07) is 25.9. The molecular formula is C23H22N2. The number of hydrogen-bond acceptors (Lipinski definition) is 1. The van der Waals surface area contributed by atoms with Gasteiger partial charge in [0.15, 0.2) is 0 Å². The lowest BCUT2D eigenvalue weighted by atomic mass is 9.89. The van der Waals surface area contributed by atoms with E-state index in [4.69, 9.17) is 4.98 Å². The summed E-state index contributed by atoms with van der Waals surface area (Å²) in [5.41, 5.74) is 7.31. The largest absolute Gasteiger partial charge is 0.330 e. The zero-order valence-electron chi connectivity index (χ0n) is 14.9. The highest BCUT2D eigenvalue weighted by Crippen LogP contribution is 2.33. The third-order valence-corrected chi connectivity index (χ3v) is 4.90. The molecule has 0 aliphatic heterocycles. The Morgan fingerprint density at radius 2 is 1.24 bits per heavy atom. The van der Waals surface area contributed by atoms with Gasteiger partial charge in [0, 0.05) is 7.05 Å². The fraction of sp³-hybridized carbons (Fsp3) is 0.174. The van der Waals surface area contributed by atoms with Gasteiger partial charge in [-0.1, -0.05) is 71.8 Å². The Hall–Kier alpha value is -2.87. The van der Waals surface area contributed by atoms with Crippen molar-refractivity contribution in [3.63, 3.8) is 0 Å². The number of rotatable bonds is 3. The topological polar surface area (TPSA) is 17.8 Å². The molecule has 0 aliphatic rings. The standard InChI is InChI=1S/C23H22N2/c1-16-8-12-18(13-9-16)22(19-14-10-17(2)11-15-19)23-24-20-6-4-5-7-21(20)25(23)3/h4-15,22H,1-3H3. The molecule has 1 heterocycles. The van der Waals surface area contributed by atoms with Gasteiger partial charge < -0.3 is 4.57 Å². The number of fused-ring (bicyclic) bond motifs is 1. The van der Waals surface area contributed by atoms with E-state index in [1.54, 1.807) is 0 Å². The predicted molar refractivity (Wildman–Crippen MR) is 104 cm³/mol. The molecule has 0 aliphatic carbocycles. The fourth-order valence-corrected chi connectivity index (χ4v) is 3.43. The normalized spacial score (nSPS) is 11.4. The van der Waals surface area contributed by atoms with Crippen LogP contribution in [0.3, 0.4) is 0 Å². The van der Waals surface area contributed by atoms with E-state index in [1.807, 2.05) is 6.07 Å². The van der Waals surface area contributed by atoms with Crippen LogP contribution in [0.4, 0.5) is 0 Å².